The Morgan fingerprint density at radius 3 is 2.80 bits per heavy atom. The van der Waals surface area contributed by atoms with E-state index in [0.29, 0.717) is 0 Å². The van der Waals surface area contributed by atoms with Crippen LogP contribution in [0.5, 0.6) is 0 Å². The summed E-state index contributed by atoms with van der Waals surface area (Å²) >= 11 is 0. The SMILES string of the molecule is Cc1cccc(CN(CCN)C2CC2)c1. The van der Waals surface area contributed by atoms with Gasteiger partial charge in [0.1, 0.15) is 0 Å². The summed E-state index contributed by atoms with van der Waals surface area (Å²) in [5.74, 6) is 0. The smallest absolute Gasteiger partial charge is 0.0237 e. The van der Waals surface area contributed by atoms with Gasteiger partial charge in [-0.15, -0.1) is 0 Å². The predicted octanol–water partition coefficient (Wildman–Crippen LogP) is 1.92. The first-order chi connectivity index (χ1) is 7.29. The van der Waals surface area contributed by atoms with Gasteiger partial charge in [0, 0.05) is 25.7 Å². The summed E-state index contributed by atoms with van der Waals surface area (Å²) < 4.78 is 0. The molecule has 2 N–H and O–H groups in total. The van der Waals surface area contributed by atoms with E-state index in [9.17, 15) is 0 Å². The van der Waals surface area contributed by atoms with Gasteiger partial charge in [0.25, 0.3) is 0 Å². The number of aryl methyl sites for hydroxylation is 1. The first kappa shape index (κ1) is 10.7. The van der Waals surface area contributed by atoms with Gasteiger partial charge in [-0.05, 0) is 25.3 Å². The highest BCUT2D eigenvalue weighted by Crippen LogP contribution is 2.27. The van der Waals surface area contributed by atoms with E-state index >= 15 is 0 Å². The van der Waals surface area contributed by atoms with Gasteiger partial charge in [-0.25, -0.2) is 0 Å². The van der Waals surface area contributed by atoms with Crippen molar-refractivity contribution >= 4 is 0 Å². The maximum atomic E-state index is 5.64. The van der Waals surface area contributed by atoms with Crippen LogP contribution < -0.4 is 5.73 Å². The lowest BCUT2D eigenvalue weighted by atomic mass is 10.1. The summed E-state index contributed by atoms with van der Waals surface area (Å²) in [6.45, 7) is 5.00. The fraction of sp³-hybridized carbons (Fsp3) is 0.538. The predicted molar refractivity (Wildman–Crippen MR) is 63.7 cm³/mol. The standard InChI is InChI=1S/C13H20N2/c1-11-3-2-4-12(9-11)10-15(8-7-14)13-5-6-13/h2-4,9,13H,5-8,10,14H2,1H3. The third-order valence-corrected chi connectivity index (χ3v) is 2.95. The first-order valence-electron chi connectivity index (χ1n) is 5.79. The molecule has 1 saturated carbocycles. The molecule has 0 atom stereocenters. The maximum absolute atomic E-state index is 5.64. The van der Waals surface area contributed by atoms with Crippen molar-refractivity contribution in [3.8, 4) is 0 Å². The number of nitrogens with zero attached hydrogens (tertiary/aromatic N) is 1. The Morgan fingerprint density at radius 2 is 2.20 bits per heavy atom. The van der Waals surface area contributed by atoms with Crippen molar-refractivity contribution in [2.45, 2.75) is 32.4 Å². The molecular weight excluding hydrogens is 184 g/mol. The molecule has 15 heavy (non-hydrogen) atoms. The summed E-state index contributed by atoms with van der Waals surface area (Å²) in [6, 6.07) is 9.56. The number of hydrogen-bond acceptors (Lipinski definition) is 2. The van der Waals surface area contributed by atoms with E-state index in [2.05, 4.69) is 36.1 Å². The second-order valence-electron chi connectivity index (χ2n) is 4.48. The Balaban J connectivity index is 1.98. The number of hydrogen-bond donors (Lipinski definition) is 1. The molecule has 1 aliphatic carbocycles. The van der Waals surface area contributed by atoms with Crippen molar-refractivity contribution in [3.63, 3.8) is 0 Å². The average molecular weight is 204 g/mol. The second kappa shape index (κ2) is 4.77. The highest BCUT2D eigenvalue weighted by atomic mass is 15.2. The van der Waals surface area contributed by atoms with Crippen LogP contribution in [0.25, 0.3) is 0 Å². The van der Waals surface area contributed by atoms with Crippen LogP contribution in [0.4, 0.5) is 0 Å². The van der Waals surface area contributed by atoms with Crippen LogP contribution in [-0.4, -0.2) is 24.0 Å². The van der Waals surface area contributed by atoms with Crippen LogP contribution in [0.3, 0.4) is 0 Å². The van der Waals surface area contributed by atoms with Crippen molar-refractivity contribution in [1.29, 1.82) is 0 Å². The van der Waals surface area contributed by atoms with E-state index in [-0.39, 0.29) is 0 Å². The minimum Gasteiger partial charge on any atom is -0.329 e. The molecule has 2 heteroatoms. The molecule has 0 spiro atoms. The Hall–Kier alpha value is -0.860. The molecule has 0 amide bonds. The molecule has 0 aromatic heterocycles. The molecule has 0 bridgehead atoms. The Morgan fingerprint density at radius 1 is 1.40 bits per heavy atom. The molecule has 0 radical (unpaired) electrons. The van der Waals surface area contributed by atoms with E-state index in [0.717, 1.165) is 25.7 Å². The molecular formula is C13H20N2. The van der Waals surface area contributed by atoms with Crippen LogP contribution in [-0.2, 0) is 6.54 Å². The number of rotatable bonds is 5. The molecule has 2 nitrogen and oxygen atoms in total. The lowest BCUT2D eigenvalue weighted by molar-refractivity contribution is 0.262. The normalized spacial score (nSPS) is 15.9. The van der Waals surface area contributed by atoms with Crippen molar-refractivity contribution in [2.75, 3.05) is 13.1 Å². The van der Waals surface area contributed by atoms with Gasteiger partial charge in [-0.1, -0.05) is 29.8 Å². The van der Waals surface area contributed by atoms with Gasteiger partial charge in [0.2, 0.25) is 0 Å². The van der Waals surface area contributed by atoms with Gasteiger partial charge in [-0.3, -0.25) is 4.90 Å². The zero-order chi connectivity index (χ0) is 10.7. The Bertz CT molecular complexity index is 318. The van der Waals surface area contributed by atoms with Gasteiger partial charge >= 0.3 is 0 Å². The van der Waals surface area contributed by atoms with Crippen LogP contribution in [0.1, 0.15) is 24.0 Å². The fourth-order valence-corrected chi connectivity index (χ4v) is 2.04. The minimum atomic E-state index is 0.766. The van der Waals surface area contributed by atoms with Crippen LogP contribution >= 0.6 is 0 Å². The number of benzene rings is 1. The molecule has 1 fully saturated rings. The van der Waals surface area contributed by atoms with E-state index in [1.807, 2.05) is 0 Å². The van der Waals surface area contributed by atoms with Crippen molar-refractivity contribution in [1.82, 2.24) is 4.90 Å². The summed E-state index contributed by atoms with van der Waals surface area (Å²) in [6.07, 6.45) is 2.71. The topological polar surface area (TPSA) is 29.3 Å². The van der Waals surface area contributed by atoms with E-state index in [4.69, 9.17) is 5.73 Å². The molecule has 0 unspecified atom stereocenters. The van der Waals surface area contributed by atoms with Crippen LogP contribution in [0.2, 0.25) is 0 Å². The summed E-state index contributed by atoms with van der Waals surface area (Å²) in [5, 5.41) is 0. The lowest BCUT2D eigenvalue weighted by Crippen LogP contribution is -2.31. The van der Waals surface area contributed by atoms with E-state index < -0.39 is 0 Å². The fourth-order valence-electron chi connectivity index (χ4n) is 2.04. The van der Waals surface area contributed by atoms with E-state index in [1.165, 1.54) is 24.0 Å². The molecule has 0 saturated heterocycles. The zero-order valence-electron chi connectivity index (χ0n) is 9.45. The molecule has 0 aliphatic heterocycles. The van der Waals surface area contributed by atoms with Gasteiger partial charge < -0.3 is 5.73 Å². The highest BCUT2D eigenvalue weighted by Gasteiger charge is 2.28. The molecule has 82 valence electrons. The maximum Gasteiger partial charge on any atom is 0.0237 e. The molecule has 1 aliphatic rings. The van der Waals surface area contributed by atoms with Crippen molar-refractivity contribution in [3.05, 3.63) is 35.4 Å². The third-order valence-electron chi connectivity index (χ3n) is 2.95. The van der Waals surface area contributed by atoms with Crippen LogP contribution in [0.15, 0.2) is 24.3 Å². The average Bonchev–Trinajstić information content (AvgIpc) is 3.00. The molecule has 1 aromatic rings. The van der Waals surface area contributed by atoms with Gasteiger partial charge in [0.05, 0.1) is 0 Å². The Kier molecular flexibility index (Phi) is 3.39. The zero-order valence-corrected chi connectivity index (χ0v) is 9.45. The van der Waals surface area contributed by atoms with E-state index in [1.54, 1.807) is 0 Å². The first-order valence-corrected chi connectivity index (χ1v) is 5.79. The second-order valence-corrected chi connectivity index (χ2v) is 4.48. The molecule has 2 rings (SSSR count). The molecule has 0 heterocycles. The van der Waals surface area contributed by atoms with Crippen LogP contribution in [0, 0.1) is 6.92 Å². The minimum absolute atomic E-state index is 0.766. The number of nitrogens with two attached hydrogens (primary N) is 1. The van der Waals surface area contributed by atoms with Gasteiger partial charge in [-0.2, -0.15) is 0 Å². The highest BCUT2D eigenvalue weighted by molar-refractivity contribution is 5.22. The summed E-state index contributed by atoms with van der Waals surface area (Å²) in [4.78, 5) is 2.51. The Labute approximate surface area is 92.1 Å². The monoisotopic (exact) mass is 204 g/mol. The third kappa shape index (κ3) is 3.05. The summed E-state index contributed by atoms with van der Waals surface area (Å²) in [5.41, 5.74) is 8.39. The van der Waals surface area contributed by atoms with Crippen molar-refractivity contribution in [2.24, 2.45) is 5.73 Å². The lowest BCUT2D eigenvalue weighted by Gasteiger charge is -2.21. The largest absolute Gasteiger partial charge is 0.329 e. The van der Waals surface area contributed by atoms with Crippen molar-refractivity contribution < 1.29 is 0 Å². The quantitative estimate of drug-likeness (QED) is 0.794. The molecule has 1 aromatic carbocycles. The van der Waals surface area contributed by atoms with Gasteiger partial charge in [0.15, 0.2) is 0 Å². The summed E-state index contributed by atoms with van der Waals surface area (Å²) in [7, 11) is 0.